The molecule has 0 saturated carbocycles. The molecule has 21 heavy (non-hydrogen) atoms. The first kappa shape index (κ1) is 18.1. The predicted octanol–water partition coefficient (Wildman–Crippen LogP) is 1.63. The molecule has 1 atom stereocenters. The Balaban J connectivity index is 2.11. The van der Waals surface area contributed by atoms with Crippen molar-refractivity contribution in [3.63, 3.8) is 0 Å². The molecule has 0 aromatic heterocycles. The van der Waals surface area contributed by atoms with Crippen molar-refractivity contribution >= 4 is 5.91 Å². The molecule has 0 aliphatic heterocycles. The van der Waals surface area contributed by atoms with E-state index in [4.69, 9.17) is 9.47 Å². The van der Waals surface area contributed by atoms with E-state index in [9.17, 15) is 4.79 Å². The standard InChI is InChI=1S/C16H30N2O3/c1-14-6-4-3-5-7-15(12-14)21-13-16(19)18-9-11-20-10-8-17-2/h12,15,17H,3-11,13H2,1-2H3,(H,18,19)/b14-12-. The van der Waals surface area contributed by atoms with Gasteiger partial charge in [0.1, 0.15) is 6.61 Å². The fraction of sp³-hybridized carbons (Fsp3) is 0.812. The molecule has 1 rings (SSSR count). The number of rotatable bonds is 9. The van der Waals surface area contributed by atoms with Crippen LogP contribution in [0.15, 0.2) is 11.6 Å². The Kier molecular flexibility index (Phi) is 10.1. The minimum Gasteiger partial charge on any atom is -0.378 e. The van der Waals surface area contributed by atoms with Crippen molar-refractivity contribution in [3.05, 3.63) is 11.6 Å². The fourth-order valence-electron chi connectivity index (χ4n) is 2.31. The average molecular weight is 298 g/mol. The molecular weight excluding hydrogens is 268 g/mol. The van der Waals surface area contributed by atoms with E-state index in [1.165, 1.54) is 24.8 Å². The van der Waals surface area contributed by atoms with E-state index >= 15 is 0 Å². The quantitative estimate of drug-likeness (QED) is 0.502. The molecule has 1 amide bonds. The minimum absolute atomic E-state index is 0.0691. The zero-order valence-corrected chi connectivity index (χ0v) is 13.5. The smallest absolute Gasteiger partial charge is 0.246 e. The molecule has 0 heterocycles. The number of likely N-dealkylation sites (N-methyl/N-ethyl adjacent to an activating group) is 1. The van der Waals surface area contributed by atoms with E-state index in [-0.39, 0.29) is 18.6 Å². The van der Waals surface area contributed by atoms with E-state index in [1.54, 1.807) is 0 Å². The van der Waals surface area contributed by atoms with Crippen molar-refractivity contribution in [2.75, 3.05) is 40.0 Å². The largest absolute Gasteiger partial charge is 0.378 e. The summed E-state index contributed by atoms with van der Waals surface area (Å²) in [6, 6.07) is 0. The highest BCUT2D eigenvalue weighted by atomic mass is 16.5. The molecule has 0 saturated heterocycles. The number of hydrogen-bond donors (Lipinski definition) is 2. The molecule has 1 aliphatic rings. The van der Waals surface area contributed by atoms with Crippen molar-refractivity contribution in [1.29, 1.82) is 0 Å². The van der Waals surface area contributed by atoms with Crippen LogP contribution < -0.4 is 10.6 Å². The van der Waals surface area contributed by atoms with Crippen LogP contribution in [0, 0.1) is 0 Å². The lowest BCUT2D eigenvalue weighted by molar-refractivity contribution is -0.127. The Morgan fingerprint density at radius 2 is 2.10 bits per heavy atom. The van der Waals surface area contributed by atoms with Crippen LogP contribution in [0.1, 0.15) is 39.0 Å². The second kappa shape index (κ2) is 11.7. The van der Waals surface area contributed by atoms with Gasteiger partial charge in [0.2, 0.25) is 5.91 Å². The number of carbonyl (C=O) groups is 1. The van der Waals surface area contributed by atoms with Gasteiger partial charge in [0.15, 0.2) is 0 Å². The van der Waals surface area contributed by atoms with Gasteiger partial charge in [0.05, 0.1) is 19.3 Å². The predicted molar refractivity (Wildman–Crippen MR) is 84.3 cm³/mol. The first-order valence-electron chi connectivity index (χ1n) is 8.00. The summed E-state index contributed by atoms with van der Waals surface area (Å²) in [6.07, 6.45) is 8.11. The van der Waals surface area contributed by atoms with Crippen LogP contribution in [0.5, 0.6) is 0 Å². The highest BCUT2D eigenvalue weighted by molar-refractivity contribution is 5.77. The first-order valence-corrected chi connectivity index (χ1v) is 8.00. The number of nitrogens with one attached hydrogen (secondary N) is 2. The van der Waals surface area contributed by atoms with Crippen LogP contribution >= 0.6 is 0 Å². The molecule has 5 heteroatoms. The van der Waals surface area contributed by atoms with E-state index in [0.29, 0.717) is 19.8 Å². The molecule has 0 aromatic carbocycles. The molecule has 5 nitrogen and oxygen atoms in total. The van der Waals surface area contributed by atoms with Crippen molar-refractivity contribution in [2.24, 2.45) is 0 Å². The van der Waals surface area contributed by atoms with Crippen molar-refractivity contribution in [2.45, 2.75) is 45.1 Å². The van der Waals surface area contributed by atoms with Gasteiger partial charge in [-0.25, -0.2) is 0 Å². The van der Waals surface area contributed by atoms with Crippen molar-refractivity contribution in [3.8, 4) is 0 Å². The molecule has 1 unspecified atom stereocenters. The number of hydrogen-bond acceptors (Lipinski definition) is 4. The van der Waals surface area contributed by atoms with Crippen LogP contribution in [0.3, 0.4) is 0 Å². The average Bonchev–Trinajstić information content (AvgIpc) is 2.45. The van der Waals surface area contributed by atoms with Crippen LogP contribution in [0.4, 0.5) is 0 Å². The lowest BCUT2D eigenvalue weighted by Gasteiger charge is -2.18. The monoisotopic (exact) mass is 298 g/mol. The van der Waals surface area contributed by atoms with Gasteiger partial charge in [-0.1, -0.05) is 24.5 Å². The van der Waals surface area contributed by atoms with Gasteiger partial charge in [0.25, 0.3) is 0 Å². The third kappa shape index (κ3) is 9.61. The maximum absolute atomic E-state index is 11.7. The Morgan fingerprint density at radius 3 is 2.90 bits per heavy atom. The van der Waals surface area contributed by atoms with Crippen LogP contribution in [-0.4, -0.2) is 52.0 Å². The molecule has 1 aliphatic carbocycles. The number of ether oxygens (including phenoxy) is 2. The van der Waals surface area contributed by atoms with E-state index in [2.05, 4.69) is 23.6 Å². The first-order chi connectivity index (χ1) is 10.2. The number of allylic oxidation sites excluding steroid dienone is 1. The third-order valence-corrected chi connectivity index (χ3v) is 3.52. The second-order valence-electron chi connectivity index (χ2n) is 5.53. The van der Waals surface area contributed by atoms with Gasteiger partial charge in [-0.05, 0) is 33.2 Å². The van der Waals surface area contributed by atoms with Gasteiger partial charge in [-0.3, -0.25) is 4.79 Å². The molecule has 0 fully saturated rings. The Morgan fingerprint density at radius 1 is 1.29 bits per heavy atom. The van der Waals surface area contributed by atoms with Crippen molar-refractivity contribution in [1.82, 2.24) is 10.6 Å². The van der Waals surface area contributed by atoms with Gasteiger partial charge in [-0.2, -0.15) is 0 Å². The van der Waals surface area contributed by atoms with Gasteiger partial charge >= 0.3 is 0 Å². The summed E-state index contributed by atoms with van der Waals surface area (Å²) in [7, 11) is 1.88. The van der Waals surface area contributed by atoms with Crippen molar-refractivity contribution < 1.29 is 14.3 Å². The molecule has 0 bridgehead atoms. The van der Waals surface area contributed by atoms with Gasteiger partial charge < -0.3 is 20.1 Å². The summed E-state index contributed by atoms with van der Waals surface area (Å²) in [5, 5.41) is 5.81. The third-order valence-electron chi connectivity index (χ3n) is 3.52. The van der Waals surface area contributed by atoms with Crippen LogP contribution in [0.2, 0.25) is 0 Å². The summed E-state index contributed by atoms with van der Waals surface area (Å²) in [4.78, 5) is 11.7. The minimum atomic E-state index is -0.0691. The zero-order valence-electron chi connectivity index (χ0n) is 13.5. The lowest BCUT2D eigenvalue weighted by atomic mass is 9.99. The molecule has 2 N–H and O–H groups in total. The molecule has 122 valence electrons. The Bertz CT molecular complexity index is 319. The highest BCUT2D eigenvalue weighted by Gasteiger charge is 2.11. The molecule has 0 radical (unpaired) electrons. The number of amides is 1. The number of carbonyl (C=O) groups excluding carboxylic acids is 1. The summed E-state index contributed by atoms with van der Waals surface area (Å²) in [5.41, 5.74) is 1.37. The lowest BCUT2D eigenvalue weighted by Crippen LogP contribution is -2.32. The zero-order chi connectivity index (χ0) is 15.3. The maximum atomic E-state index is 11.7. The summed E-state index contributed by atoms with van der Waals surface area (Å²) >= 11 is 0. The molecule has 0 spiro atoms. The second-order valence-corrected chi connectivity index (χ2v) is 5.53. The van der Waals surface area contributed by atoms with E-state index < -0.39 is 0 Å². The van der Waals surface area contributed by atoms with Gasteiger partial charge in [0, 0.05) is 13.1 Å². The van der Waals surface area contributed by atoms with Gasteiger partial charge in [-0.15, -0.1) is 0 Å². The Hall–Kier alpha value is -0.910. The molecular formula is C16H30N2O3. The summed E-state index contributed by atoms with van der Waals surface area (Å²) in [5.74, 6) is -0.0691. The van der Waals surface area contributed by atoms with Crippen LogP contribution in [-0.2, 0) is 14.3 Å². The fourth-order valence-corrected chi connectivity index (χ4v) is 2.31. The molecule has 0 aromatic rings. The Labute approximate surface area is 128 Å². The maximum Gasteiger partial charge on any atom is 0.246 e. The van der Waals surface area contributed by atoms with Crippen LogP contribution in [0.25, 0.3) is 0 Å². The topological polar surface area (TPSA) is 59.6 Å². The normalized spacial score (nSPS) is 22.0. The summed E-state index contributed by atoms with van der Waals surface area (Å²) < 4.78 is 11.0. The highest BCUT2D eigenvalue weighted by Crippen LogP contribution is 2.18. The SMILES string of the molecule is CNCCOCCNC(=O)COC1/C=C(/C)CCCCC1. The van der Waals surface area contributed by atoms with E-state index in [0.717, 1.165) is 19.4 Å². The summed E-state index contributed by atoms with van der Waals surface area (Å²) in [6.45, 7) is 4.83. The van der Waals surface area contributed by atoms with E-state index in [1.807, 2.05) is 7.05 Å².